The van der Waals surface area contributed by atoms with Crippen molar-refractivity contribution in [3.8, 4) is 0 Å². The first-order chi connectivity index (χ1) is 5.36. The van der Waals surface area contributed by atoms with Crippen LogP contribution in [-0.4, -0.2) is 29.5 Å². The van der Waals surface area contributed by atoms with E-state index in [0.717, 1.165) is 0 Å². The van der Waals surface area contributed by atoms with Gasteiger partial charge in [-0.15, -0.1) is 0 Å². The number of halogens is 2. The minimum Gasteiger partial charge on any atom is -0.477 e. The maximum atomic E-state index is 12.2. The molecule has 0 atom stereocenters. The van der Waals surface area contributed by atoms with Crippen LogP contribution in [0.4, 0.5) is 8.78 Å². The Morgan fingerprint density at radius 1 is 1.50 bits per heavy atom. The van der Waals surface area contributed by atoms with Gasteiger partial charge in [0.15, 0.2) is 0 Å². The van der Waals surface area contributed by atoms with Crippen LogP contribution in [0.5, 0.6) is 0 Å². The van der Waals surface area contributed by atoms with Crippen LogP contribution < -0.4 is 5.32 Å². The second-order valence-corrected chi connectivity index (χ2v) is 2.24. The summed E-state index contributed by atoms with van der Waals surface area (Å²) in [5.41, 5.74) is 0. The number of carboxylic acids is 1. The molecule has 0 fully saturated rings. The number of carbonyl (C=O) groups excluding carboxylic acids is 1. The molecule has 4 nitrogen and oxygen atoms in total. The van der Waals surface area contributed by atoms with E-state index in [9.17, 15) is 18.4 Å². The fourth-order valence-electron chi connectivity index (χ4n) is 0.502. The molecule has 0 spiro atoms. The van der Waals surface area contributed by atoms with Crippen LogP contribution in [0.2, 0.25) is 0 Å². The summed E-state index contributed by atoms with van der Waals surface area (Å²) in [7, 11) is 0. The molecule has 0 aromatic rings. The minimum absolute atomic E-state index is 0.339. The summed E-state index contributed by atoms with van der Waals surface area (Å²) in [4.78, 5) is 20.0. The Morgan fingerprint density at radius 2 is 2.00 bits per heavy atom. The Balaban J connectivity index is 3.76. The number of hydrogen-bond acceptors (Lipinski definition) is 2. The van der Waals surface area contributed by atoms with E-state index in [2.05, 4.69) is 5.32 Å². The van der Waals surface area contributed by atoms with Crippen LogP contribution in [0.15, 0.2) is 0 Å². The van der Waals surface area contributed by atoms with Crippen LogP contribution in [0.1, 0.15) is 13.3 Å². The van der Waals surface area contributed by atoms with Gasteiger partial charge in [-0.2, -0.15) is 8.78 Å². The molecule has 0 aromatic carbocycles. The number of alkyl halides is 2. The predicted octanol–water partition coefficient (Wildman–Crippen LogP) is 0.232. The van der Waals surface area contributed by atoms with Crippen molar-refractivity contribution in [3.63, 3.8) is 0 Å². The number of amides is 1. The van der Waals surface area contributed by atoms with Gasteiger partial charge in [0.25, 0.3) is 0 Å². The van der Waals surface area contributed by atoms with Gasteiger partial charge in [-0.3, -0.25) is 4.79 Å². The third kappa shape index (κ3) is 3.85. The topological polar surface area (TPSA) is 66.4 Å². The van der Waals surface area contributed by atoms with Crippen molar-refractivity contribution < 1.29 is 23.5 Å². The summed E-state index contributed by atoms with van der Waals surface area (Å²) in [6.45, 7) is 0.827. The van der Waals surface area contributed by atoms with Gasteiger partial charge in [-0.1, -0.05) is 0 Å². The highest BCUT2D eigenvalue weighted by Gasteiger charge is 2.37. The second-order valence-electron chi connectivity index (χ2n) is 2.24. The van der Waals surface area contributed by atoms with E-state index in [4.69, 9.17) is 5.11 Å². The zero-order valence-electron chi connectivity index (χ0n) is 6.43. The van der Waals surface area contributed by atoms with Crippen LogP contribution in [-0.2, 0) is 9.59 Å². The van der Waals surface area contributed by atoms with Crippen molar-refractivity contribution in [1.82, 2.24) is 5.32 Å². The second kappa shape index (κ2) is 3.99. The van der Waals surface area contributed by atoms with E-state index in [-0.39, 0.29) is 6.54 Å². The number of aliphatic carboxylic acids is 1. The van der Waals surface area contributed by atoms with Crippen LogP contribution in [0, 0.1) is 0 Å². The molecule has 1 amide bonds. The lowest BCUT2D eigenvalue weighted by Crippen LogP contribution is -2.33. The fraction of sp³-hybridized carbons (Fsp3) is 0.667. The Morgan fingerprint density at radius 3 is 2.33 bits per heavy atom. The molecule has 0 saturated carbocycles. The molecule has 0 bridgehead atoms. The molecule has 0 aliphatic rings. The molecular weight excluding hydrogens is 172 g/mol. The van der Waals surface area contributed by atoms with Gasteiger partial charge in [0.1, 0.15) is 0 Å². The molecule has 0 aromatic heterocycles. The van der Waals surface area contributed by atoms with Crippen LogP contribution in [0.25, 0.3) is 0 Å². The molecular formula is C6H9F2NO3. The number of nitrogens with one attached hydrogen (secondary N) is 1. The van der Waals surface area contributed by atoms with Crippen molar-refractivity contribution in [2.45, 2.75) is 19.3 Å². The van der Waals surface area contributed by atoms with Gasteiger partial charge >= 0.3 is 11.9 Å². The lowest BCUT2D eigenvalue weighted by molar-refractivity contribution is -0.165. The Labute approximate surface area is 67.6 Å². The molecule has 0 rings (SSSR count). The van der Waals surface area contributed by atoms with Crippen LogP contribution >= 0.6 is 0 Å². The standard InChI is InChI=1S/C6H9F2NO3/c1-4(10)9-3-2-6(7,8)5(11)12/h2-3H2,1H3,(H,9,10)(H,11,12). The first-order valence-corrected chi connectivity index (χ1v) is 3.22. The van der Waals surface area contributed by atoms with Gasteiger partial charge in [0.2, 0.25) is 5.91 Å². The highest BCUT2D eigenvalue weighted by Crippen LogP contribution is 2.17. The Kier molecular flexibility index (Phi) is 3.59. The summed E-state index contributed by atoms with van der Waals surface area (Å²) in [6.07, 6.45) is -0.887. The normalized spacial score (nSPS) is 10.9. The number of carbonyl (C=O) groups is 2. The molecule has 2 N–H and O–H groups in total. The van der Waals surface area contributed by atoms with E-state index in [0.29, 0.717) is 0 Å². The molecule has 0 aliphatic carbocycles. The van der Waals surface area contributed by atoms with Crippen molar-refractivity contribution in [2.75, 3.05) is 6.54 Å². The molecule has 70 valence electrons. The monoisotopic (exact) mass is 181 g/mol. The molecule has 0 unspecified atom stereocenters. The van der Waals surface area contributed by atoms with Gasteiger partial charge < -0.3 is 10.4 Å². The van der Waals surface area contributed by atoms with Crippen molar-refractivity contribution >= 4 is 11.9 Å². The minimum atomic E-state index is -3.76. The van der Waals surface area contributed by atoms with E-state index in [1.54, 1.807) is 0 Å². The fourth-order valence-corrected chi connectivity index (χ4v) is 0.502. The number of rotatable bonds is 4. The molecule has 0 radical (unpaired) electrons. The van der Waals surface area contributed by atoms with Crippen molar-refractivity contribution in [2.24, 2.45) is 0 Å². The van der Waals surface area contributed by atoms with Gasteiger partial charge in [-0.25, -0.2) is 4.79 Å². The molecule has 0 saturated heterocycles. The Hall–Kier alpha value is -1.20. The van der Waals surface area contributed by atoms with Gasteiger partial charge in [0, 0.05) is 19.9 Å². The molecule has 6 heteroatoms. The third-order valence-corrected chi connectivity index (χ3v) is 1.13. The predicted molar refractivity (Wildman–Crippen MR) is 35.9 cm³/mol. The summed E-state index contributed by atoms with van der Waals surface area (Å²) >= 11 is 0. The third-order valence-electron chi connectivity index (χ3n) is 1.13. The quantitative estimate of drug-likeness (QED) is 0.652. The first-order valence-electron chi connectivity index (χ1n) is 3.22. The lowest BCUT2D eigenvalue weighted by atomic mass is 10.2. The largest absolute Gasteiger partial charge is 0.477 e. The lowest BCUT2D eigenvalue weighted by Gasteiger charge is -2.10. The zero-order chi connectivity index (χ0) is 9.78. The maximum Gasteiger partial charge on any atom is 0.374 e. The highest BCUT2D eigenvalue weighted by atomic mass is 19.3. The SMILES string of the molecule is CC(=O)NCCC(F)(F)C(=O)O. The average molecular weight is 181 g/mol. The number of hydrogen-bond donors (Lipinski definition) is 2. The summed E-state index contributed by atoms with van der Waals surface area (Å²) in [6, 6.07) is 0. The van der Waals surface area contributed by atoms with Gasteiger partial charge in [-0.05, 0) is 0 Å². The van der Waals surface area contributed by atoms with Crippen molar-refractivity contribution in [1.29, 1.82) is 0 Å². The van der Waals surface area contributed by atoms with Crippen molar-refractivity contribution in [3.05, 3.63) is 0 Å². The van der Waals surface area contributed by atoms with Gasteiger partial charge in [0.05, 0.1) is 0 Å². The maximum absolute atomic E-state index is 12.2. The smallest absolute Gasteiger partial charge is 0.374 e. The summed E-state index contributed by atoms with van der Waals surface area (Å²) in [5.74, 6) is -6.40. The molecule has 12 heavy (non-hydrogen) atoms. The first kappa shape index (κ1) is 10.8. The Bertz CT molecular complexity index is 193. The summed E-state index contributed by atoms with van der Waals surface area (Å²) < 4.78 is 24.5. The highest BCUT2D eigenvalue weighted by molar-refractivity contribution is 5.75. The van der Waals surface area contributed by atoms with E-state index in [1.807, 2.05) is 0 Å². The molecule has 0 heterocycles. The average Bonchev–Trinajstić information content (AvgIpc) is 1.85. The zero-order valence-corrected chi connectivity index (χ0v) is 6.43. The molecule has 0 aliphatic heterocycles. The number of carboxylic acid groups (broad SMARTS) is 1. The van der Waals surface area contributed by atoms with E-state index in [1.165, 1.54) is 6.92 Å². The van der Waals surface area contributed by atoms with E-state index >= 15 is 0 Å². The van der Waals surface area contributed by atoms with Crippen LogP contribution in [0.3, 0.4) is 0 Å². The summed E-state index contributed by atoms with van der Waals surface area (Å²) in [5, 5.41) is 10.0. The van der Waals surface area contributed by atoms with E-state index < -0.39 is 24.2 Å².